The fourth-order valence-corrected chi connectivity index (χ4v) is 1.80. The van der Waals surface area contributed by atoms with E-state index < -0.39 is 6.29 Å². The minimum Gasteiger partial charge on any atom is -0.354 e. The number of hydrogen-bond acceptors (Lipinski definition) is 6. The number of hydrogen-bond donors (Lipinski definition) is 2. The third kappa shape index (κ3) is 4.38. The molecule has 2 amide bonds. The number of nitrogens with one attached hydrogen (secondary N) is 2. The summed E-state index contributed by atoms with van der Waals surface area (Å²) in [6, 6.07) is -0.304. The van der Waals surface area contributed by atoms with Crippen LogP contribution < -0.4 is 5.32 Å². The number of aromatic nitrogens is 2. The molecule has 0 bridgehead atoms. The molecule has 1 aromatic heterocycles. The number of H-pyrrole nitrogens is 1. The number of carbonyl (C=O) groups is 1. The molecular weight excluding hydrogens is 264 g/mol. The van der Waals surface area contributed by atoms with Gasteiger partial charge in [-0.05, 0) is 12.2 Å². The van der Waals surface area contributed by atoms with Gasteiger partial charge in [0, 0.05) is 21.3 Å². The zero-order chi connectivity index (χ0) is 12.8. The second-order valence-electron chi connectivity index (χ2n) is 3.13. The van der Waals surface area contributed by atoms with Crippen molar-refractivity contribution in [1.29, 1.82) is 0 Å². The van der Waals surface area contributed by atoms with Crippen molar-refractivity contribution in [3.8, 4) is 0 Å². The Morgan fingerprint density at radius 3 is 2.76 bits per heavy atom. The molecule has 0 atom stereocenters. The van der Waals surface area contributed by atoms with Crippen molar-refractivity contribution in [2.45, 2.75) is 6.29 Å². The number of carbonyl (C=O) groups excluding carboxylic acids is 1. The lowest BCUT2D eigenvalue weighted by atomic mass is 10.5. The quantitative estimate of drug-likeness (QED) is 0.626. The Balaban J connectivity index is 2.49. The molecule has 9 heteroatoms. The van der Waals surface area contributed by atoms with Gasteiger partial charge in [0.1, 0.15) is 0 Å². The number of anilines is 1. The molecule has 1 heterocycles. The smallest absolute Gasteiger partial charge is 0.323 e. The third-order valence-corrected chi connectivity index (χ3v) is 2.95. The summed E-state index contributed by atoms with van der Waals surface area (Å²) >= 11 is 6.05. The summed E-state index contributed by atoms with van der Waals surface area (Å²) in [6.45, 7) is 0.314. The number of likely N-dealkylation sites (N-methyl/N-ethyl adjacent to an activating group) is 1. The molecule has 0 aliphatic heterocycles. The van der Waals surface area contributed by atoms with Gasteiger partial charge in [0.05, 0.1) is 6.54 Å². The van der Waals surface area contributed by atoms with Crippen LogP contribution in [0.4, 0.5) is 9.93 Å². The number of rotatable bonds is 5. The van der Waals surface area contributed by atoms with Gasteiger partial charge < -0.3 is 14.4 Å². The molecule has 0 saturated heterocycles. The second kappa shape index (κ2) is 6.64. The first-order valence-corrected chi connectivity index (χ1v) is 5.92. The predicted octanol–water partition coefficient (Wildman–Crippen LogP) is 1.28. The van der Waals surface area contributed by atoms with Gasteiger partial charge in [-0.1, -0.05) is 11.3 Å². The lowest BCUT2D eigenvalue weighted by Crippen LogP contribution is -2.38. The Hall–Kier alpha value is -1.03. The molecule has 0 spiro atoms. The van der Waals surface area contributed by atoms with Crippen LogP contribution in [0.25, 0.3) is 0 Å². The number of nitrogens with zero attached hydrogens (tertiary/aromatic N) is 2. The summed E-state index contributed by atoms with van der Waals surface area (Å²) in [4.78, 5) is 13.1. The molecule has 0 radical (unpaired) electrons. The van der Waals surface area contributed by atoms with E-state index in [1.165, 1.54) is 30.5 Å². The minimum atomic E-state index is -0.455. The van der Waals surface area contributed by atoms with Crippen LogP contribution in [0.15, 0.2) is 0 Å². The zero-order valence-electron chi connectivity index (χ0n) is 9.72. The highest BCUT2D eigenvalue weighted by Crippen LogP contribution is 2.11. The summed E-state index contributed by atoms with van der Waals surface area (Å²) in [5, 5.41) is 9.43. The predicted molar refractivity (Wildman–Crippen MR) is 66.8 cm³/mol. The Kier molecular flexibility index (Phi) is 5.48. The van der Waals surface area contributed by atoms with E-state index in [1.54, 1.807) is 7.05 Å². The number of ether oxygens (including phenoxy) is 2. The van der Waals surface area contributed by atoms with Crippen LogP contribution in [-0.2, 0) is 9.47 Å². The molecule has 0 unspecified atom stereocenters. The summed E-state index contributed by atoms with van der Waals surface area (Å²) < 4.78 is 10.5. The van der Waals surface area contributed by atoms with Crippen molar-refractivity contribution in [3.63, 3.8) is 0 Å². The molecule has 1 rings (SSSR count). The van der Waals surface area contributed by atoms with Gasteiger partial charge in [0.25, 0.3) is 0 Å². The van der Waals surface area contributed by atoms with Gasteiger partial charge in [-0.25, -0.2) is 4.79 Å². The van der Waals surface area contributed by atoms with E-state index in [4.69, 9.17) is 21.7 Å². The van der Waals surface area contributed by atoms with Gasteiger partial charge in [0.2, 0.25) is 5.13 Å². The van der Waals surface area contributed by atoms with Crippen LogP contribution in [0.1, 0.15) is 0 Å². The summed E-state index contributed by atoms with van der Waals surface area (Å²) in [5.41, 5.74) is 0. The fourth-order valence-electron chi connectivity index (χ4n) is 1.02. The SMILES string of the molecule is COC(CN(C)C(=O)Nc1n[nH]c(=S)s1)OC. The molecule has 1 aromatic rings. The maximum atomic E-state index is 11.7. The van der Waals surface area contributed by atoms with Crippen LogP contribution in [0, 0.1) is 3.95 Å². The second-order valence-corrected chi connectivity index (χ2v) is 4.80. The lowest BCUT2D eigenvalue weighted by molar-refractivity contribution is -0.108. The van der Waals surface area contributed by atoms with Crippen LogP contribution in [0.2, 0.25) is 0 Å². The van der Waals surface area contributed by atoms with E-state index >= 15 is 0 Å². The van der Waals surface area contributed by atoms with Gasteiger partial charge >= 0.3 is 6.03 Å². The van der Waals surface area contributed by atoms with Crippen molar-refractivity contribution in [2.75, 3.05) is 33.1 Å². The largest absolute Gasteiger partial charge is 0.354 e. The zero-order valence-corrected chi connectivity index (χ0v) is 11.4. The van der Waals surface area contributed by atoms with Crippen LogP contribution in [0.3, 0.4) is 0 Å². The fraction of sp³-hybridized carbons (Fsp3) is 0.625. The maximum Gasteiger partial charge on any atom is 0.323 e. The number of aromatic amines is 1. The van der Waals surface area contributed by atoms with Crippen molar-refractivity contribution in [1.82, 2.24) is 15.1 Å². The van der Waals surface area contributed by atoms with Crippen LogP contribution in [-0.4, -0.2) is 55.2 Å². The summed E-state index contributed by atoms with van der Waals surface area (Å²) in [7, 11) is 4.66. The van der Waals surface area contributed by atoms with Crippen molar-refractivity contribution in [2.24, 2.45) is 0 Å². The lowest BCUT2D eigenvalue weighted by Gasteiger charge is -2.21. The highest BCUT2D eigenvalue weighted by atomic mass is 32.1. The minimum absolute atomic E-state index is 0.304. The maximum absolute atomic E-state index is 11.7. The average Bonchev–Trinajstić information content (AvgIpc) is 2.71. The molecule has 96 valence electrons. The molecule has 0 aliphatic carbocycles. The third-order valence-electron chi connectivity index (χ3n) is 1.95. The average molecular weight is 278 g/mol. The van der Waals surface area contributed by atoms with E-state index in [1.807, 2.05) is 0 Å². The molecule has 0 saturated carbocycles. The van der Waals surface area contributed by atoms with E-state index in [0.717, 1.165) is 0 Å². The molecular formula is C8H14N4O3S2. The van der Waals surface area contributed by atoms with E-state index in [2.05, 4.69) is 15.5 Å². The Morgan fingerprint density at radius 1 is 1.65 bits per heavy atom. The first-order valence-electron chi connectivity index (χ1n) is 4.70. The molecule has 2 N–H and O–H groups in total. The molecule has 0 aliphatic rings. The first kappa shape index (κ1) is 14.0. The Bertz CT molecular complexity index is 415. The van der Waals surface area contributed by atoms with Crippen molar-refractivity contribution in [3.05, 3.63) is 3.95 Å². The van der Waals surface area contributed by atoms with Crippen molar-refractivity contribution >= 4 is 34.7 Å². The normalized spacial score (nSPS) is 10.6. The van der Waals surface area contributed by atoms with E-state index in [0.29, 0.717) is 15.6 Å². The molecule has 0 fully saturated rings. The van der Waals surface area contributed by atoms with Crippen LogP contribution >= 0.6 is 23.6 Å². The first-order chi connectivity index (χ1) is 8.06. The highest BCUT2D eigenvalue weighted by molar-refractivity contribution is 7.73. The van der Waals surface area contributed by atoms with Crippen LogP contribution in [0.5, 0.6) is 0 Å². The number of urea groups is 1. The Labute approximate surface area is 108 Å². The Morgan fingerprint density at radius 2 is 2.29 bits per heavy atom. The molecule has 17 heavy (non-hydrogen) atoms. The molecule has 7 nitrogen and oxygen atoms in total. The van der Waals surface area contributed by atoms with Gasteiger partial charge in [-0.2, -0.15) is 0 Å². The highest BCUT2D eigenvalue weighted by Gasteiger charge is 2.15. The standard InChI is InChI=1S/C8H14N4O3S2/c1-12(4-5(14-2)15-3)7(13)9-6-10-11-8(16)17-6/h5H,4H2,1-3H3,(H,11,16)(H,9,10,13). The topological polar surface area (TPSA) is 79.5 Å². The van der Waals surface area contributed by atoms with E-state index in [-0.39, 0.29) is 6.03 Å². The summed E-state index contributed by atoms with van der Waals surface area (Å²) in [6.07, 6.45) is -0.455. The van der Waals surface area contributed by atoms with Gasteiger partial charge in [-0.3, -0.25) is 10.4 Å². The van der Waals surface area contributed by atoms with E-state index in [9.17, 15) is 4.79 Å². The molecule has 0 aromatic carbocycles. The number of amides is 2. The monoisotopic (exact) mass is 278 g/mol. The van der Waals surface area contributed by atoms with Crippen molar-refractivity contribution < 1.29 is 14.3 Å². The van der Waals surface area contributed by atoms with Gasteiger partial charge in [0.15, 0.2) is 10.2 Å². The number of methoxy groups -OCH3 is 2. The summed E-state index contributed by atoms with van der Waals surface area (Å²) in [5.74, 6) is 0. The van der Waals surface area contributed by atoms with Gasteiger partial charge in [-0.15, -0.1) is 5.10 Å².